The third-order valence-electron chi connectivity index (χ3n) is 4.21. The molecule has 1 fully saturated rings. The van der Waals surface area contributed by atoms with Gasteiger partial charge in [-0.1, -0.05) is 37.5 Å². The van der Waals surface area contributed by atoms with E-state index < -0.39 is 5.97 Å². The van der Waals surface area contributed by atoms with Crippen LogP contribution in [0.3, 0.4) is 0 Å². The number of ether oxygens (including phenoxy) is 1. The van der Waals surface area contributed by atoms with Crippen molar-refractivity contribution in [2.45, 2.75) is 46.0 Å². The number of esters is 1. The summed E-state index contributed by atoms with van der Waals surface area (Å²) in [6.07, 6.45) is 6.62. The number of hydrogen-bond acceptors (Lipinski definition) is 4. The molecule has 23 heavy (non-hydrogen) atoms. The normalized spacial score (nSPS) is 17.1. The molecule has 0 aromatic heterocycles. The van der Waals surface area contributed by atoms with Gasteiger partial charge in [-0.15, -0.1) is 0 Å². The van der Waals surface area contributed by atoms with E-state index in [1.807, 2.05) is 31.2 Å². The summed E-state index contributed by atoms with van der Waals surface area (Å²) in [6.45, 7) is 3.99. The zero-order valence-corrected chi connectivity index (χ0v) is 13.9. The third-order valence-corrected chi connectivity index (χ3v) is 4.21. The molecule has 0 atom stereocenters. The molecule has 1 aliphatic rings. The molecular weight excluding hydrogens is 290 g/mol. The van der Waals surface area contributed by atoms with Crippen LogP contribution in [0.2, 0.25) is 0 Å². The standard InChI is InChI=1S/C19H25NO3/c1-3-23-19(22)16(18(21)15-10-5-4-6-11-15)13-20-17-12-8-7-9-14(17)2/h7-9,12-13,15,21H,3-6,10-11H2,1-2H3. The molecule has 0 aliphatic heterocycles. The molecule has 1 aromatic carbocycles. The number of hydrogen-bond donors (Lipinski definition) is 1. The minimum atomic E-state index is -0.507. The van der Waals surface area contributed by atoms with Crippen molar-refractivity contribution in [1.29, 1.82) is 0 Å². The van der Waals surface area contributed by atoms with Crippen LogP contribution in [0.1, 0.15) is 44.6 Å². The highest BCUT2D eigenvalue weighted by Gasteiger charge is 2.24. The molecular formula is C19H25NO3. The van der Waals surface area contributed by atoms with Gasteiger partial charge in [-0.05, 0) is 38.3 Å². The Kier molecular flexibility index (Phi) is 6.39. The molecule has 0 bridgehead atoms. The fourth-order valence-electron chi connectivity index (χ4n) is 2.87. The number of para-hydroxylation sites is 1. The minimum absolute atomic E-state index is 0.0338. The van der Waals surface area contributed by atoms with Gasteiger partial charge in [-0.2, -0.15) is 0 Å². The Labute approximate surface area is 137 Å². The van der Waals surface area contributed by atoms with E-state index in [-0.39, 0.29) is 23.9 Å². The van der Waals surface area contributed by atoms with Crippen LogP contribution in [-0.4, -0.2) is 23.9 Å². The fourth-order valence-corrected chi connectivity index (χ4v) is 2.87. The van der Waals surface area contributed by atoms with Crippen LogP contribution in [0, 0.1) is 12.8 Å². The maximum Gasteiger partial charge on any atom is 0.343 e. The Morgan fingerprint density at radius 2 is 2.00 bits per heavy atom. The van der Waals surface area contributed by atoms with Gasteiger partial charge in [0.1, 0.15) is 11.3 Å². The molecule has 0 radical (unpaired) electrons. The maximum atomic E-state index is 12.2. The van der Waals surface area contributed by atoms with E-state index in [9.17, 15) is 9.90 Å². The number of aryl methyl sites for hydroxylation is 1. The number of allylic oxidation sites excluding steroid dienone is 1. The molecule has 4 heteroatoms. The first-order valence-corrected chi connectivity index (χ1v) is 8.33. The molecule has 0 saturated heterocycles. The summed E-state index contributed by atoms with van der Waals surface area (Å²) in [5, 5.41) is 10.6. The van der Waals surface area contributed by atoms with Crippen molar-refractivity contribution in [3.63, 3.8) is 0 Å². The van der Waals surface area contributed by atoms with Crippen LogP contribution in [0.5, 0.6) is 0 Å². The zero-order chi connectivity index (χ0) is 16.7. The van der Waals surface area contributed by atoms with Gasteiger partial charge in [-0.3, -0.25) is 4.99 Å². The summed E-state index contributed by atoms with van der Waals surface area (Å²) in [5.74, 6) is -0.347. The van der Waals surface area contributed by atoms with Crippen molar-refractivity contribution >= 4 is 17.9 Å². The second-order valence-corrected chi connectivity index (χ2v) is 5.90. The molecule has 124 valence electrons. The Balaban J connectivity index is 2.30. The van der Waals surface area contributed by atoms with Crippen LogP contribution in [0.4, 0.5) is 5.69 Å². The van der Waals surface area contributed by atoms with Crippen molar-refractivity contribution in [3.8, 4) is 0 Å². The number of carbonyl (C=O) groups excluding carboxylic acids is 1. The Bertz CT molecular complexity index is 598. The number of benzene rings is 1. The number of aliphatic imine (C=N–C) groups is 1. The minimum Gasteiger partial charge on any atom is -0.511 e. The monoisotopic (exact) mass is 315 g/mol. The summed E-state index contributed by atoms with van der Waals surface area (Å²) in [5.41, 5.74) is 1.98. The fraction of sp³-hybridized carbons (Fsp3) is 0.474. The first-order valence-electron chi connectivity index (χ1n) is 8.33. The van der Waals surface area contributed by atoms with E-state index in [0.29, 0.717) is 0 Å². The van der Waals surface area contributed by atoms with Gasteiger partial charge >= 0.3 is 5.97 Å². The van der Waals surface area contributed by atoms with Gasteiger partial charge in [0.2, 0.25) is 0 Å². The Morgan fingerprint density at radius 3 is 2.65 bits per heavy atom. The van der Waals surface area contributed by atoms with Gasteiger partial charge in [0.05, 0.1) is 12.3 Å². The molecule has 1 aromatic rings. The molecule has 0 amide bonds. The largest absolute Gasteiger partial charge is 0.511 e. The average Bonchev–Trinajstić information content (AvgIpc) is 2.57. The lowest BCUT2D eigenvalue weighted by Crippen LogP contribution is -2.17. The molecule has 1 saturated carbocycles. The number of nitrogens with zero attached hydrogens (tertiary/aromatic N) is 1. The number of aliphatic hydroxyl groups is 1. The first-order chi connectivity index (χ1) is 11.1. The number of rotatable bonds is 5. The lowest BCUT2D eigenvalue weighted by molar-refractivity contribution is -0.138. The summed E-state index contributed by atoms with van der Waals surface area (Å²) < 4.78 is 5.09. The van der Waals surface area contributed by atoms with Crippen molar-refractivity contribution in [3.05, 3.63) is 41.2 Å². The Hall–Kier alpha value is -2.10. The summed E-state index contributed by atoms with van der Waals surface area (Å²) >= 11 is 0. The van der Waals surface area contributed by atoms with Crippen molar-refractivity contribution in [1.82, 2.24) is 0 Å². The van der Waals surface area contributed by atoms with Crippen molar-refractivity contribution in [2.24, 2.45) is 10.9 Å². The summed E-state index contributed by atoms with van der Waals surface area (Å²) in [6, 6.07) is 7.68. The molecule has 0 unspecified atom stereocenters. The van der Waals surface area contributed by atoms with Crippen LogP contribution in [-0.2, 0) is 9.53 Å². The molecule has 4 nitrogen and oxygen atoms in total. The number of aliphatic hydroxyl groups excluding tert-OH is 1. The van der Waals surface area contributed by atoms with Gasteiger partial charge in [0.25, 0.3) is 0 Å². The van der Waals surface area contributed by atoms with Crippen LogP contribution in [0.15, 0.2) is 40.6 Å². The number of carbonyl (C=O) groups is 1. The van der Waals surface area contributed by atoms with Crippen LogP contribution in [0.25, 0.3) is 0 Å². The van der Waals surface area contributed by atoms with E-state index in [4.69, 9.17) is 4.74 Å². The van der Waals surface area contributed by atoms with E-state index in [2.05, 4.69) is 4.99 Å². The predicted octanol–water partition coefficient (Wildman–Crippen LogP) is 4.65. The Morgan fingerprint density at radius 1 is 1.30 bits per heavy atom. The maximum absolute atomic E-state index is 12.2. The highest BCUT2D eigenvalue weighted by molar-refractivity contribution is 6.10. The van der Waals surface area contributed by atoms with Gasteiger partial charge < -0.3 is 9.84 Å². The molecule has 1 N–H and O–H groups in total. The van der Waals surface area contributed by atoms with Gasteiger partial charge in [-0.25, -0.2) is 4.79 Å². The second-order valence-electron chi connectivity index (χ2n) is 5.90. The predicted molar refractivity (Wildman–Crippen MR) is 92.2 cm³/mol. The van der Waals surface area contributed by atoms with Gasteiger partial charge in [0.15, 0.2) is 0 Å². The average molecular weight is 315 g/mol. The van der Waals surface area contributed by atoms with E-state index in [1.54, 1.807) is 6.92 Å². The smallest absolute Gasteiger partial charge is 0.343 e. The quantitative estimate of drug-likeness (QED) is 0.372. The first kappa shape index (κ1) is 17.3. The molecule has 0 heterocycles. The summed E-state index contributed by atoms with van der Waals surface area (Å²) in [7, 11) is 0. The van der Waals surface area contributed by atoms with Crippen molar-refractivity contribution in [2.75, 3.05) is 6.61 Å². The van der Waals surface area contributed by atoms with E-state index in [1.165, 1.54) is 12.6 Å². The zero-order valence-electron chi connectivity index (χ0n) is 13.9. The lowest BCUT2D eigenvalue weighted by atomic mass is 9.86. The molecule has 1 aliphatic carbocycles. The van der Waals surface area contributed by atoms with Crippen LogP contribution < -0.4 is 0 Å². The third kappa shape index (κ3) is 4.68. The summed E-state index contributed by atoms with van der Waals surface area (Å²) in [4.78, 5) is 16.6. The van der Waals surface area contributed by atoms with Crippen molar-refractivity contribution < 1.29 is 14.6 Å². The molecule has 2 rings (SSSR count). The van der Waals surface area contributed by atoms with E-state index in [0.717, 1.165) is 36.9 Å². The second kappa shape index (κ2) is 8.51. The SMILES string of the molecule is CCOC(=O)C(C=Nc1ccccc1C)=C(O)C1CCCCC1. The van der Waals surface area contributed by atoms with Crippen LogP contribution >= 0.6 is 0 Å². The topological polar surface area (TPSA) is 58.9 Å². The molecule has 0 spiro atoms. The highest BCUT2D eigenvalue weighted by atomic mass is 16.5. The lowest BCUT2D eigenvalue weighted by Gasteiger charge is -2.22. The highest BCUT2D eigenvalue weighted by Crippen LogP contribution is 2.30. The van der Waals surface area contributed by atoms with Gasteiger partial charge in [0, 0.05) is 12.1 Å². The van der Waals surface area contributed by atoms with E-state index >= 15 is 0 Å².